The van der Waals surface area contributed by atoms with Crippen molar-refractivity contribution in [2.24, 2.45) is 7.05 Å². The summed E-state index contributed by atoms with van der Waals surface area (Å²) in [5.74, 6) is -0.530. The number of halogens is 1. The topological polar surface area (TPSA) is 17.0 Å². The molecule has 0 amide bonds. The molecule has 0 radical (unpaired) electrons. The zero-order chi connectivity index (χ0) is 26.6. The fourth-order valence-electron chi connectivity index (χ4n) is 4.90. The van der Waals surface area contributed by atoms with Crippen LogP contribution in [0.5, 0.6) is 0 Å². The third kappa shape index (κ3) is 3.43. The Hall–Kier alpha value is -4.24. The number of fused-ring (bicyclic) bond motifs is 3. The second-order valence-electron chi connectivity index (χ2n) is 8.86. The van der Waals surface area contributed by atoms with E-state index in [1.807, 2.05) is 91.5 Å². The molecule has 0 aliphatic rings. The summed E-state index contributed by atoms with van der Waals surface area (Å²) in [7, 11) is 1.97. The van der Waals surface area contributed by atoms with Gasteiger partial charge in [0.1, 0.15) is 24.0 Å². The van der Waals surface area contributed by atoms with Gasteiger partial charge in [0, 0.05) is 27.0 Å². The molecule has 2 nitrogen and oxygen atoms in total. The SMILES string of the molecule is [2H]C([2H])([2H])c1cc(-c2ccccc2)ccc1-c1c(F)ccc2c1oc1c(-c3cccc[n+]3C)c(C)ccc12. The number of hydrogen-bond acceptors (Lipinski definition) is 1. The van der Waals surface area contributed by atoms with Crippen molar-refractivity contribution in [3.63, 3.8) is 0 Å². The van der Waals surface area contributed by atoms with Crippen molar-refractivity contribution in [1.82, 2.24) is 0 Å². The molecule has 0 aliphatic heterocycles. The van der Waals surface area contributed by atoms with E-state index in [9.17, 15) is 0 Å². The average Bonchev–Trinajstić information content (AvgIpc) is 3.27. The predicted octanol–water partition coefficient (Wildman–Crippen LogP) is 8.17. The predicted molar refractivity (Wildman–Crippen MR) is 141 cm³/mol. The Balaban J connectivity index is 1.67. The molecule has 0 aliphatic carbocycles. The lowest BCUT2D eigenvalue weighted by molar-refractivity contribution is -0.660. The first-order chi connectivity index (χ1) is 18.2. The van der Waals surface area contributed by atoms with Crippen LogP contribution in [-0.4, -0.2) is 0 Å². The molecule has 4 aromatic carbocycles. The van der Waals surface area contributed by atoms with Crippen LogP contribution in [0.1, 0.15) is 15.2 Å². The molecular formula is C32H25FNO+. The van der Waals surface area contributed by atoms with E-state index in [0.717, 1.165) is 38.7 Å². The Morgan fingerprint density at radius 2 is 1.49 bits per heavy atom. The molecule has 2 heterocycles. The molecular weight excluding hydrogens is 433 g/mol. The molecule has 0 atom stereocenters. The number of pyridine rings is 1. The quantitative estimate of drug-likeness (QED) is 0.243. The highest BCUT2D eigenvalue weighted by Gasteiger charge is 2.23. The van der Waals surface area contributed by atoms with Crippen LogP contribution < -0.4 is 4.57 Å². The largest absolute Gasteiger partial charge is 0.454 e. The minimum atomic E-state index is -2.46. The smallest absolute Gasteiger partial charge is 0.216 e. The van der Waals surface area contributed by atoms with Gasteiger partial charge in [-0.1, -0.05) is 60.7 Å². The van der Waals surface area contributed by atoms with Gasteiger partial charge in [0.05, 0.1) is 11.1 Å². The van der Waals surface area contributed by atoms with Gasteiger partial charge >= 0.3 is 0 Å². The van der Waals surface area contributed by atoms with Gasteiger partial charge < -0.3 is 4.42 Å². The molecule has 170 valence electrons. The maximum Gasteiger partial charge on any atom is 0.216 e. The summed E-state index contributed by atoms with van der Waals surface area (Å²) in [6.45, 7) is -0.439. The monoisotopic (exact) mass is 461 g/mol. The van der Waals surface area contributed by atoms with E-state index in [0.29, 0.717) is 16.7 Å². The maximum absolute atomic E-state index is 15.6. The molecule has 6 rings (SSSR count). The summed E-state index contributed by atoms with van der Waals surface area (Å²) in [4.78, 5) is 0. The van der Waals surface area contributed by atoms with Crippen molar-refractivity contribution in [2.45, 2.75) is 13.8 Å². The summed E-state index contributed by atoms with van der Waals surface area (Å²) in [5, 5.41) is 1.59. The lowest BCUT2D eigenvalue weighted by Gasteiger charge is -2.11. The molecule has 0 N–H and O–H groups in total. The second kappa shape index (κ2) is 8.21. The minimum absolute atomic E-state index is 0.0802. The third-order valence-corrected chi connectivity index (χ3v) is 6.67. The van der Waals surface area contributed by atoms with Gasteiger partial charge in [0.15, 0.2) is 6.20 Å². The Morgan fingerprint density at radius 3 is 2.26 bits per heavy atom. The number of aryl methyl sites for hydroxylation is 3. The summed E-state index contributed by atoms with van der Waals surface area (Å²) in [6, 6.07) is 27.8. The molecule has 0 spiro atoms. The van der Waals surface area contributed by atoms with Crippen LogP contribution in [0.15, 0.2) is 102 Å². The van der Waals surface area contributed by atoms with E-state index in [4.69, 9.17) is 8.53 Å². The van der Waals surface area contributed by atoms with Gasteiger partial charge in [-0.25, -0.2) is 8.96 Å². The first-order valence-electron chi connectivity index (χ1n) is 13.0. The highest BCUT2D eigenvalue weighted by molar-refractivity contribution is 6.13. The van der Waals surface area contributed by atoms with Gasteiger partial charge in [-0.05, 0) is 59.8 Å². The van der Waals surface area contributed by atoms with Crippen LogP contribution in [0.4, 0.5) is 4.39 Å². The summed E-state index contributed by atoms with van der Waals surface area (Å²) in [6.07, 6.45) is 1.97. The van der Waals surface area contributed by atoms with Gasteiger partial charge in [0.25, 0.3) is 0 Å². The fourth-order valence-corrected chi connectivity index (χ4v) is 4.90. The van der Waals surface area contributed by atoms with Crippen molar-refractivity contribution in [1.29, 1.82) is 0 Å². The zero-order valence-corrected chi connectivity index (χ0v) is 19.5. The lowest BCUT2D eigenvalue weighted by Crippen LogP contribution is -2.30. The van der Waals surface area contributed by atoms with Crippen molar-refractivity contribution in [3.05, 3.63) is 114 Å². The maximum atomic E-state index is 15.6. The molecule has 0 unspecified atom stereocenters. The van der Waals surface area contributed by atoms with Gasteiger partial charge in [-0.3, -0.25) is 0 Å². The fraction of sp³-hybridized carbons (Fsp3) is 0.0938. The van der Waals surface area contributed by atoms with Crippen molar-refractivity contribution >= 4 is 21.9 Å². The molecule has 35 heavy (non-hydrogen) atoms. The van der Waals surface area contributed by atoms with Crippen LogP contribution >= 0.6 is 0 Å². The van der Waals surface area contributed by atoms with Crippen LogP contribution in [-0.2, 0) is 7.05 Å². The normalized spacial score (nSPS) is 13.1. The summed E-state index contributed by atoms with van der Waals surface area (Å²) in [5.41, 5.74) is 6.08. The number of furan rings is 1. The van der Waals surface area contributed by atoms with Crippen LogP contribution in [0.25, 0.3) is 55.4 Å². The minimum Gasteiger partial charge on any atom is -0.454 e. The molecule has 6 aromatic rings. The second-order valence-corrected chi connectivity index (χ2v) is 8.86. The van der Waals surface area contributed by atoms with E-state index in [-0.39, 0.29) is 11.1 Å². The Kier molecular flexibility index (Phi) is 4.25. The first kappa shape index (κ1) is 18.1. The van der Waals surface area contributed by atoms with Gasteiger partial charge in [0.2, 0.25) is 5.69 Å². The molecule has 0 saturated heterocycles. The van der Waals surface area contributed by atoms with Crippen molar-refractivity contribution < 1.29 is 17.5 Å². The standard InChI is InChI=1S/C32H25FNO/c1-20-12-14-25-26-16-17-27(33)30(24-15-13-23(19-21(24)2)22-9-5-4-6-10-22)32(26)35-31(25)29(20)28-11-7-8-18-34(28)3/h4-19H,1-3H3/q+1/i2D3. The highest BCUT2D eigenvalue weighted by atomic mass is 19.1. The molecule has 3 heteroatoms. The number of rotatable bonds is 3. The third-order valence-electron chi connectivity index (χ3n) is 6.67. The zero-order valence-electron chi connectivity index (χ0n) is 22.5. The number of hydrogen-bond donors (Lipinski definition) is 0. The molecule has 0 saturated carbocycles. The highest BCUT2D eigenvalue weighted by Crippen LogP contribution is 2.42. The summed E-state index contributed by atoms with van der Waals surface area (Å²) < 4.78 is 49.0. The van der Waals surface area contributed by atoms with Crippen LogP contribution in [0.3, 0.4) is 0 Å². The van der Waals surface area contributed by atoms with Gasteiger partial charge in [-0.2, -0.15) is 0 Å². The van der Waals surface area contributed by atoms with Crippen molar-refractivity contribution in [2.75, 3.05) is 0 Å². The van der Waals surface area contributed by atoms with E-state index >= 15 is 4.39 Å². The Bertz CT molecular complexity index is 1840. The summed E-state index contributed by atoms with van der Waals surface area (Å²) >= 11 is 0. The van der Waals surface area contributed by atoms with E-state index in [1.165, 1.54) is 6.07 Å². The molecule has 0 fully saturated rings. The van der Waals surface area contributed by atoms with Crippen LogP contribution in [0, 0.1) is 19.6 Å². The van der Waals surface area contributed by atoms with E-state index in [1.54, 1.807) is 18.2 Å². The van der Waals surface area contributed by atoms with Crippen molar-refractivity contribution in [3.8, 4) is 33.5 Å². The average molecular weight is 462 g/mol. The van der Waals surface area contributed by atoms with Gasteiger partial charge in [-0.15, -0.1) is 0 Å². The Morgan fingerprint density at radius 1 is 0.743 bits per heavy atom. The van der Waals surface area contributed by atoms with E-state index < -0.39 is 12.7 Å². The number of nitrogens with zero attached hydrogens (tertiary/aromatic N) is 1. The Labute approximate surface area is 208 Å². The molecule has 2 aromatic heterocycles. The van der Waals surface area contributed by atoms with Crippen LogP contribution in [0.2, 0.25) is 0 Å². The number of benzene rings is 4. The molecule has 0 bridgehead atoms. The number of aromatic nitrogens is 1. The lowest BCUT2D eigenvalue weighted by atomic mass is 9.94. The van der Waals surface area contributed by atoms with E-state index in [2.05, 4.69) is 0 Å². The first-order valence-corrected chi connectivity index (χ1v) is 11.5.